The van der Waals surface area contributed by atoms with Gasteiger partial charge in [-0.05, 0) is 74.1 Å². The van der Waals surface area contributed by atoms with Crippen LogP contribution in [0.25, 0.3) is 5.69 Å². The molecule has 0 radical (unpaired) electrons. The Balaban J connectivity index is 1.34. The monoisotopic (exact) mass is 416 g/mol. The molecule has 2 aromatic carbocycles. The zero-order valence-electron chi connectivity index (χ0n) is 18.1. The van der Waals surface area contributed by atoms with Gasteiger partial charge in [-0.15, -0.1) is 0 Å². The van der Waals surface area contributed by atoms with E-state index in [0.29, 0.717) is 22.8 Å². The Morgan fingerprint density at radius 1 is 0.968 bits per heavy atom. The van der Waals surface area contributed by atoms with E-state index in [1.165, 1.54) is 18.2 Å². The van der Waals surface area contributed by atoms with Gasteiger partial charge in [0, 0.05) is 49.2 Å². The summed E-state index contributed by atoms with van der Waals surface area (Å²) in [7, 11) is 0. The highest BCUT2D eigenvalue weighted by atomic mass is 16.5. The predicted molar refractivity (Wildman–Crippen MR) is 121 cm³/mol. The smallest absolute Gasteiger partial charge is 0.308 e. The Hall–Kier alpha value is -3.34. The summed E-state index contributed by atoms with van der Waals surface area (Å²) in [5.41, 5.74) is 3.83. The minimum Gasteiger partial charge on any atom is -0.426 e. The molecule has 5 heteroatoms. The average Bonchev–Trinajstić information content (AvgIpc) is 3.31. The Morgan fingerprint density at radius 2 is 1.65 bits per heavy atom. The van der Waals surface area contributed by atoms with Gasteiger partial charge in [-0.1, -0.05) is 18.2 Å². The number of hydrogen-bond donors (Lipinski definition) is 0. The predicted octanol–water partition coefficient (Wildman–Crippen LogP) is 4.81. The van der Waals surface area contributed by atoms with E-state index in [0.717, 1.165) is 32.4 Å². The van der Waals surface area contributed by atoms with Gasteiger partial charge in [0.2, 0.25) is 0 Å². The van der Waals surface area contributed by atoms with Gasteiger partial charge in [0.15, 0.2) is 0 Å². The van der Waals surface area contributed by atoms with Crippen LogP contribution < -0.4 is 4.74 Å². The third kappa shape index (κ3) is 4.88. The number of ether oxygens (including phenoxy) is 1. The molecule has 0 saturated carbocycles. The van der Waals surface area contributed by atoms with Crippen molar-refractivity contribution >= 4 is 11.9 Å². The van der Waals surface area contributed by atoms with E-state index in [4.69, 9.17) is 4.74 Å². The molecule has 1 aliphatic heterocycles. The average molecular weight is 417 g/mol. The van der Waals surface area contributed by atoms with E-state index >= 15 is 0 Å². The van der Waals surface area contributed by atoms with Crippen LogP contribution in [-0.4, -0.2) is 34.4 Å². The fourth-order valence-electron chi connectivity index (χ4n) is 4.27. The molecule has 1 aromatic heterocycles. The first-order chi connectivity index (χ1) is 15.0. The zero-order valence-corrected chi connectivity index (χ0v) is 18.1. The van der Waals surface area contributed by atoms with Crippen molar-refractivity contribution in [2.45, 2.75) is 33.1 Å². The molecule has 0 bridgehead atoms. The number of amides is 1. The number of nitrogens with zero attached hydrogens (tertiary/aromatic N) is 2. The highest BCUT2D eigenvalue weighted by Crippen LogP contribution is 2.27. The fraction of sp³-hybridized carbons (Fsp3) is 0.308. The molecular formula is C26H28N2O3. The van der Waals surface area contributed by atoms with Crippen LogP contribution in [0.5, 0.6) is 5.75 Å². The normalized spacial score (nSPS) is 14.5. The van der Waals surface area contributed by atoms with Crippen molar-refractivity contribution in [3.8, 4) is 11.4 Å². The summed E-state index contributed by atoms with van der Waals surface area (Å²) < 4.78 is 7.33. The molecule has 1 amide bonds. The summed E-state index contributed by atoms with van der Waals surface area (Å²) in [5.74, 6) is 0.669. The van der Waals surface area contributed by atoms with Crippen molar-refractivity contribution in [2.75, 3.05) is 13.1 Å². The summed E-state index contributed by atoms with van der Waals surface area (Å²) >= 11 is 0. The van der Waals surface area contributed by atoms with Crippen LogP contribution in [0.3, 0.4) is 0 Å². The Labute approximate surface area is 183 Å². The van der Waals surface area contributed by atoms with Crippen LogP contribution in [0.4, 0.5) is 0 Å². The van der Waals surface area contributed by atoms with Gasteiger partial charge in [-0.25, -0.2) is 0 Å². The van der Waals surface area contributed by atoms with Gasteiger partial charge in [0.1, 0.15) is 5.75 Å². The van der Waals surface area contributed by atoms with E-state index in [1.807, 2.05) is 42.4 Å². The summed E-state index contributed by atoms with van der Waals surface area (Å²) in [4.78, 5) is 26.3. The summed E-state index contributed by atoms with van der Waals surface area (Å²) in [5, 5.41) is 0. The number of piperidine rings is 1. The second-order valence-corrected chi connectivity index (χ2v) is 8.22. The lowest BCUT2D eigenvalue weighted by Gasteiger charge is -2.32. The maximum Gasteiger partial charge on any atom is 0.308 e. The summed E-state index contributed by atoms with van der Waals surface area (Å²) in [6.07, 6.45) is 7.12. The number of hydrogen-bond acceptors (Lipinski definition) is 3. The van der Waals surface area contributed by atoms with Crippen molar-refractivity contribution in [1.29, 1.82) is 0 Å². The number of rotatable bonds is 5. The maximum atomic E-state index is 13.1. The van der Waals surface area contributed by atoms with Crippen LogP contribution in [-0.2, 0) is 11.2 Å². The minimum absolute atomic E-state index is 0.0148. The van der Waals surface area contributed by atoms with E-state index in [9.17, 15) is 9.59 Å². The third-order valence-electron chi connectivity index (χ3n) is 6.03. The highest BCUT2D eigenvalue weighted by Gasteiger charge is 2.25. The Kier molecular flexibility index (Phi) is 6.21. The molecule has 3 aromatic rings. The largest absolute Gasteiger partial charge is 0.426 e. The van der Waals surface area contributed by atoms with Crippen LogP contribution in [0.15, 0.2) is 67.0 Å². The standard InChI is InChI=1S/C26H28N2O3/c1-19-24(6-5-7-25(19)31-20(2)29)26(30)28-16-12-22(13-17-28)18-21-8-10-23(11-9-21)27-14-3-4-15-27/h3-11,14-15,22H,12-13,16-18H2,1-2H3. The number of carbonyl (C=O) groups excluding carboxylic acids is 2. The Bertz CT molecular complexity index is 1050. The first-order valence-corrected chi connectivity index (χ1v) is 10.8. The van der Waals surface area contributed by atoms with E-state index in [-0.39, 0.29) is 11.9 Å². The van der Waals surface area contributed by atoms with Crippen LogP contribution in [0, 0.1) is 12.8 Å². The second-order valence-electron chi connectivity index (χ2n) is 8.22. The molecule has 1 aliphatic rings. The van der Waals surface area contributed by atoms with Crippen LogP contribution in [0.2, 0.25) is 0 Å². The number of carbonyl (C=O) groups is 2. The topological polar surface area (TPSA) is 51.5 Å². The van der Waals surface area contributed by atoms with Gasteiger partial charge in [-0.3, -0.25) is 9.59 Å². The van der Waals surface area contributed by atoms with Crippen molar-refractivity contribution in [1.82, 2.24) is 9.47 Å². The third-order valence-corrected chi connectivity index (χ3v) is 6.03. The van der Waals surface area contributed by atoms with Crippen molar-refractivity contribution in [3.05, 3.63) is 83.7 Å². The SMILES string of the molecule is CC(=O)Oc1cccc(C(=O)N2CCC(Cc3ccc(-n4cccc4)cc3)CC2)c1C. The fourth-order valence-corrected chi connectivity index (χ4v) is 4.27. The van der Waals surface area contributed by atoms with Crippen LogP contribution >= 0.6 is 0 Å². The van der Waals surface area contributed by atoms with Gasteiger partial charge in [0.05, 0.1) is 0 Å². The lowest BCUT2D eigenvalue weighted by Crippen LogP contribution is -2.39. The number of likely N-dealkylation sites (tertiary alicyclic amines) is 1. The minimum atomic E-state index is -0.380. The van der Waals surface area contributed by atoms with Gasteiger partial charge in [-0.2, -0.15) is 0 Å². The second kappa shape index (κ2) is 9.21. The van der Waals surface area contributed by atoms with E-state index < -0.39 is 0 Å². The number of benzene rings is 2. The molecular weight excluding hydrogens is 388 g/mol. The first kappa shape index (κ1) is 20.9. The van der Waals surface area contributed by atoms with Crippen molar-refractivity contribution in [2.24, 2.45) is 5.92 Å². The quantitative estimate of drug-likeness (QED) is 0.443. The van der Waals surface area contributed by atoms with E-state index in [1.54, 1.807) is 12.1 Å². The number of aromatic nitrogens is 1. The molecule has 0 aliphatic carbocycles. The Morgan fingerprint density at radius 3 is 2.29 bits per heavy atom. The first-order valence-electron chi connectivity index (χ1n) is 10.8. The van der Waals surface area contributed by atoms with Gasteiger partial charge in [0.25, 0.3) is 5.91 Å². The van der Waals surface area contributed by atoms with E-state index in [2.05, 4.69) is 28.8 Å². The molecule has 0 N–H and O–H groups in total. The van der Waals surface area contributed by atoms with Crippen molar-refractivity contribution in [3.63, 3.8) is 0 Å². The molecule has 2 heterocycles. The maximum absolute atomic E-state index is 13.1. The molecule has 0 spiro atoms. The molecule has 0 atom stereocenters. The zero-order chi connectivity index (χ0) is 21.8. The summed E-state index contributed by atoms with van der Waals surface area (Å²) in [6, 6.07) is 18.1. The molecule has 5 nitrogen and oxygen atoms in total. The highest BCUT2D eigenvalue weighted by molar-refractivity contribution is 5.96. The lowest BCUT2D eigenvalue weighted by molar-refractivity contribution is -0.131. The number of esters is 1. The molecule has 4 rings (SSSR count). The van der Waals surface area contributed by atoms with Crippen molar-refractivity contribution < 1.29 is 14.3 Å². The molecule has 160 valence electrons. The van der Waals surface area contributed by atoms with Gasteiger partial charge < -0.3 is 14.2 Å². The molecule has 1 fully saturated rings. The molecule has 31 heavy (non-hydrogen) atoms. The molecule has 1 saturated heterocycles. The lowest BCUT2D eigenvalue weighted by atomic mass is 9.89. The molecule has 0 unspecified atom stereocenters. The summed E-state index contributed by atoms with van der Waals surface area (Å²) in [6.45, 7) is 4.70. The van der Waals surface area contributed by atoms with Gasteiger partial charge >= 0.3 is 5.97 Å². The van der Waals surface area contributed by atoms with Crippen LogP contribution in [0.1, 0.15) is 41.3 Å².